The molecule has 0 aromatic rings. The van der Waals surface area contributed by atoms with Crippen LogP contribution in [0.4, 0.5) is 0 Å². The summed E-state index contributed by atoms with van der Waals surface area (Å²) >= 11 is 0. The third kappa shape index (κ3) is 3.05. The topological polar surface area (TPSA) is 11.3 Å². The molecule has 2 aliphatic rings. The molecule has 0 atom stereocenters. The Balaban J connectivity index is 1.71. The van der Waals surface area contributed by atoms with Gasteiger partial charge in [-0.2, -0.15) is 0 Å². The maximum absolute atomic E-state index is 5.47. The zero-order valence-electron chi connectivity index (χ0n) is 9.20. The molecule has 0 amide bonds. The summed E-state index contributed by atoms with van der Waals surface area (Å²) in [6.07, 6.45) is 17.6. The van der Waals surface area contributed by atoms with Crippen molar-refractivity contribution in [3.8, 4) is 0 Å². The van der Waals surface area contributed by atoms with Crippen LogP contribution in [0.15, 0.2) is 47.8 Å². The van der Waals surface area contributed by atoms with Gasteiger partial charge in [-0.05, 0) is 25.7 Å². The second kappa shape index (κ2) is 4.92. The van der Waals surface area contributed by atoms with Crippen LogP contribution in [-0.4, -0.2) is 5.78 Å². The van der Waals surface area contributed by atoms with E-state index >= 15 is 0 Å². The van der Waals surface area contributed by atoms with E-state index in [0.29, 0.717) is 0 Å². The minimum Gasteiger partial charge on any atom is -0.214 e. The lowest BCUT2D eigenvalue weighted by atomic mass is 10.1. The first kappa shape index (κ1) is 10.2. The van der Waals surface area contributed by atoms with Crippen molar-refractivity contribution in [3.63, 3.8) is 0 Å². The van der Waals surface area contributed by atoms with Crippen molar-refractivity contribution in [2.45, 2.75) is 32.6 Å². The maximum atomic E-state index is 5.47. The highest BCUT2D eigenvalue weighted by molar-refractivity contribution is 5.89. The fourth-order valence-electron chi connectivity index (χ4n) is 1.81. The smallest absolute Gasteiger partial charge is 0.214 e. The van der Waals surface area contributed by atoms with E-state index in [2.05, 4.69) is 24.3 Å². The Morgan fingerprint density at radius 2 is 2.27 bits per heavy atom. The zero-order chi connectivity index (χ0) is 10.5. The average Bonchev–Trinajstić information content (AvgIpc) is 2.84. The van der Waals surface area contributed by atoms with E-state index in [0.717, 1.165) is 24.4 Å². The van der Waals surface area contributed by atoms with E-state index in [-0.39, 0.29) is 0 Å². The molecular formula is C14H17O+. The fourth-order valence-corrected chi connectivity index (χ4v) is 1.81. The summed E-state index contributed by atoms with van der Waals surface area (Å²) in [4.78, 5) is 0. The molecule has 0 bridgehead atoms. The van der Waals surface area contributed by atoms with Gasteiger partial charge in [0.15, 0.2) is 0 Å². The van der Waals surface area contributed by atoms with Gasteiger partial charge in [0.05, 0.1) is 13.0 Å². The monoisotopic (exact) mass is 201 g/mol. The number of ketones is 1. The second-order valence-electron chi connectivity index (χ2n) is 3.96. The summed E-state index contributed by atoms with van der Waals surface area (Å²) in [5.41, 5.74) is 1.49. The van der Waals surface area contributed by atoms with Crippen LogP contribution in [0.2, 0.25) is 0 Å². The zero-order valence-corrected chi connectivity index (χ0v) is 9.20. The largest absolute Gasteiger partial charge is 0.349 e. The van der Waals surface area contributed by atoms with Crippen molar-refractivity contribution < 1.29 is 4.42 Å². The van der Waals surface area contributed by atoms with Gasteiger partial charge in [0.25, 0.3) is 0 Å². The first-order chi connectivity index (χ1) is 7.34. The molecule has 2 rings (SSSR count). The van der Waals surface area contributed by atoms with Crippen molar-refractivity contribution in [1.82, 2.24) is 0 Å². The van der Waals surface area contributed by atoms with E-state index in [4.69, 9.17) is 4.42 Å². The minimum absolute atomic E-state index is 0.989. The van der Waals surface area contributed by atoms with Crippen molar-refractivity contribution in [3.05, 3.63) is 47.8 Å². The molecule has 0 radical (unpaired) electrons. The SMILES string of the molecule is CC1=[O+]/C(=C\CCCC2=CCC=C2)C=C1. The summed E-state index contributed by atoms with van der Waals surface area (Å²) in [6.45, 7) is 1.98. The Kier molecular flexibility index (Phi) is 3.33. The minimum atomic E-state index is 0.989. The van der Waals surface area contributed by atoms with E-state index in [9.17, 15) is 0 Å². The predicted molar refractivity (Wildman–Crippen MR) is 63.6 cm³/mol. The van der Waals surface area contributed by atoms with Crippen LogP contribution in [0.3, 0.4) is 0 Å². The molecule has 0 fully saturated rings. The van der Waals surface area contributed by atoms with Gasteiger partial charge >= 0.3 is 11.5 Å². The normalized spacial score (nSPS) is 21.3. The molecule has 1 heterocycles. The molecule has 1 heteroatoms. The average molecular weight is 201 g/mol. The first-order valence-electron chi connectivity index (χ1n) is 5.60. The van der Waals surface area contributed by atoms with Crippen LogP contribution >= 0.6 is 0 Å². The summed E-state index contributed by atoms with van der Waals surface area (Å²) in [6, 6.07) is 0. The molecule has 0 spiro atoms. The third-order valence-electron chi connectivity index (χ3n) is 2.62. The van der Waals surface area contributed by atoms with Crippen LogP contribution in [0, 0.1) is 0 Å². The summed E-state index contributed by atoms with van der Waals surface area (Å²) in [5, 5.41) is 0. The Morgan fingerprint density at radius 3 is 2.93 bits per heavy atom. The van der Waals surface area contributed by atoms with E-state index < -0.39 is 0 Å². The number of hydrogen-bond acceptors (Lipinski definition) is 0. The summed E-state index contributed by atoms with van der Waals surface area (Å²) in [5.74, 6) is 1.99. The molecule has 0 aromatic carbocycles. The van der Waals surface area contributed by atoms with Gasteiger partial charge in [-0.3, -0.25) is 0 Å². The number of unbranched alkanes of at least 4 members (excludes halogenated alkanes) is 1. The second-order valence-corrected chi connectivity index (χ2v) is 3.96. The first-order valence-corrected chi connectivity index (χ1v) is 5.60. The quantitative estimate of drug-likeness (QED) is 0.486. The van der Waals surface area contributed by atoms with Gasteiger partial charge in [0.2, 0.25) is 0 Å². The van der Waals surface area contributed by atoms with Crippen molar-refractivity contribution in [2.75, 3.05) is 0 Å². The van der Waals surface area contributed by atoms with Crippen LogP contribution < -0.4 is 0 Å². The van der Waals surface area contributed by atoms with Gasteiger partial charge < -0.3 is 0 Å². The Bertz CT molecular complexity index is 378. The molecular weight excluding hydrogens is 184 g/mol. The number of allylic oxidation sites excluding steroid dienone is 7. The molecule has 0 saturated carbocycles. The van der Waals surface area contributed by atoms with Crippen LogP contribution in [0.1, 0.15) is 32.6 Å². The highest BCUT2D eigenvalue weighted by atomic mass is 16.4. The Labute approximate surface area is 91.2 Å². The molecule has 1 aliphatic carbocycles. The summed E-state index contributed by atoms with van der Waals surface area (Å²) in [7, 11) is 0. The lowest BCUT2D eigenvalue weighted by molar-refractivity contribution is -0.387. The van der Waals surface area contributed by atoms with E-state index in [1.54, 1.807) is 0 Å². The van der Waals surface area contributed by atoms with Crippen LogP contribution in [-0.2, 0) is 4.42 Å². The van der Waals surface area contributed by atoms with E-state index in [1.807, 2.05) is 19.1 Å². The van der Waals surface area contributed by atoms with Crippen LogP contribution in [0.25, 0.3) is 0 Å². The lowest BCUT2D eigenvalue weighted by Gasteiger charge is -1.95. The van der Waals surface area contributed by atoms with Gasteiger partial charge in [-0.15, -0.1) is 0 Å². The van der Waals surface area contributed by atoms with Crippen molar-refractivity contribution in [2.24, 2.45) is 0 Å². The fraction of sp³-hybridized carbons (Fsp3) is 0.357. The highest BCUT2D eigenvalue weighted by Crippen LogP contribution is 2.16. The predicted octanol–water partition coefficient (Wildman–Crippen LogP) is 3.62. The van der Waals surface area contributed by atoms with Crippen molar-refractivity contribution in [1.29, 1.82) is 0 Å². The lowest BCUT2D eigenvalue weighted by Crippen LogP contribution is -1.82. The molecule has 0 saturated heterocycles. The maximum Gasteiger partial charge on any atom is 0.349 e. The number of hydrogen-bond donors (Lipinski definition) is 0. The van der Waals surface area contributed by atoms with Crippen molar-refractivity contribution >= 4 is 5.78 Å². The number of rotatable bonds is 4. The molecule has 78 valence electrons. The molecule has 1 nitrogen and oxygen atoms in total. The highest BCUT2D eigenvalue weighted by Gasteiger charge is 2.13. The summed E-state index contributed by atoms with van der Waals surface area (Å²) < 4.78 is 5.47. The molecule has 0 aromatic heterocycles. The van der Waals surface area contributed by atoms with Gasteiger partial charge in [0, 0.05) is 12.2 Å². The Hall–Kier alpha value is -1.37. The van der Waals surface area contributed by atoms with Gasteiger partial charge in [0.1, 0.15) is 0 Å². The van der Waals surface area contributed by atoms with Gasteiger partial charge in [-0.1, -0.05) is 23.8 Å². The number of carbonyl (C=O) groups excluding carboxylic acids is 1. The Morgan fingerprint density at radius 1 is 1.33 bits per heavy atom. The molecule has 0 N–H and O–H groups in total. The van der Waals surface area contributed by atoms with E-state index in [1.165, 1.54) is 18.4 Å². The molecule has 0 unspecified atom stereocenters. The molecule has 15 heavy (non-hydrogen) atoms. The van der Waals surface area contributed by atoms with Gasteiger partial charge in [-0.25, -0.2) is 4.42 Å². The van der Waals surface area contributed by atoms with Crippen LogP contribution in [0.5, 0.6) is 0 Å². The third-order valence-corrected chi connectivity index (χ3v) is 2.62. The molecule has 1 aliphatic heterocycles. The standard InChI is InChI=1S/C14H17O/c1-12-10-11-14(15-12)9-5-4-8-13-6-2-3-7-13/h2,6-7,9-11H,3-5,8H2,1H3/q+1/b14-9-.